The maximum absolute atomic E-state index is 11.9. The Morgan fingerprint density at radius 3 is 2.94 bits per heavy atom. The van der Waals surface area contributed by atoms with Gasteiger partial charge in [-0.1, -0.05) is 32.0 Å². The number of fused-ring (bicyclic) bond motifs is 1. The summed E-state index contributed by atoms with van der Waals surface area (Å²) in [6, 6.07) is 8.08. The molecular formula is C15H20O2. The summed E-state index contributed by atoms with van der Waals surface area (Å²) in [5.74, 6) is 2.14. The average molecular weight is 232 g/mol. The molecule has 92 valence electrons. The lowest BCUT2D eigenvalue weighted by molar-refractivity contribution is -0.120. The summed E-state index contributed by atoms with van der Waals surface area (Å²) in [6.45, 7) is 4.92. The Kier molecular flexibility index (Phi) is 3.82. The van der Waals surface area contributed by atoms with Crippen LogP contribution in [0.1, 0.15) is 44.6 Å². The van der Waals surface area contributed by atoms with E-state index < -0.39 is 0 Å². The highest BCUT2D eigenvalue weighted by Crippen LogP contribution is 2.35. The minimum Gasteiger partial charge on any atom is -0.493 e. The van der Waals surface area contributed by atoms with E-state index in [9.17, 15) is 4.79 Å². The maximum Gasteiger partial charge on any atom is 0.133 e. The fraction of sp³-hybridized carbons (Fsp3) is 0.533. The van der Waals surface area contributed by atoms with Crippen LogP contribution in [0.15, 0.2) is 24.3 Å². The number of para-hydroxylation sites is 1. The van der Waals surface area contributed by atoms with E-state index in [1.54, 1.807) is 0 Å². The number of benzene rings is 1. The van der Waals surface area contributed by atoms with Crippen LogP contribution in [-0.2, 0) is 4.79 Å². The van der Waals surface area contributed by atoms with Crippen LogP contribution < -0.4 is 4.74 Å². The van der Waals surface area contributed by atoms with Crippen LogP contribution in [0.2, 0.25) is 0 Å². The fourth-order valence-electron chi connectivity index (χ4n) is 2.44. The molecule has 2 heteroatoms. The normalized spacial score (nSPS) is 18.6. The number of hydrogen-bond acceptors (Lipinski definition) is 2. The molecule has 0 fully saturated rings. The van der Waals surface area contributed by atoms with E-state index in [1.165, 1.54) is 5.56 Å². The fourth-order valence-corrected chi connectivity index (χ4v) is 2.44. The van der Waals surface area contributed by atoms with Crippen molar-refractivity contribution in [2.75, 3.05) is 6.61 Å². The lowest BCUT2D eigenvalue weighted by atomic mass is 9.87. The molecule has 2 rings (SSSR count). The molecule has 1 aromatic carbocycles. The van der Waals surface area contributed by atoms with Gasteiger partial charge in [0.25, 0.3) is 0 Å². The van der Waals surface area contributed by atoms with Gasteiger partial charge in [-0.25, -0.2) is 0 Å². The number of Topliss-reactive ketones (excluding diaryl/α,β-unsaturated/α-hetero) is 1. The van der Waals surface area contributed by atoms with Crippen LogP contribution in [0.5, 0.6) is 5.75 Å². The van der Waals surface area contributed by atoms with Gasteiger partial charge in [-0.3, -0.25) is 4.79 Å². The molecule has 0 aliphatic carbocycles. The number of carbonyl (C=O) groups excluding carboxylic acids is 1. The van der Waals surface area contributed by atoms with Crippen molar-refractivity contribution in [2.24, 2.45) is 5.92 Å². The molecule has 0 N–H and O–H groups in total. The molecule has 0 saturated heterocycles. The van der Waals surface area contributed by atoms with Gasteiger partial charge in [-0.2, -0.15) is 0 Å². The molecule has 1 aromatic rings. The third-order valence-electron chi connectivity index (χ3n) is 3.19. The number of carbonyl (C=O) groups is 1. The van der Waals surface area contributed by atoms with Crippen LogP contribution in [-0.4, -0.2) is 12.4 Å². The van der Waals surface area contributed by atoms with E-state index in [2.05, 4.69) is 19.9 Å². The summed E-state index contributed by atoms with van der Waals surface area (Å²) < 4.78 is 5.61. The summed E-state index contributed by atoms with van der Waals surface area (Å²) in [6.07, 6.45) is 2.32. The Hall–Kier alpha value is -1.31. The molecule has 0 spiro atoms. The first-order valence-corrected chi connectivity index (χ1v) is 6.40. The van der Waals surface area contributed by atoms with Crippen molar-refractivity contribution in [1.82, 2.24) is 0 Å². The first kappa shape index (κ1) is 12.2. The zero-order valence-corrected chi connectivity index (χ0v) is 10.6. The Morgan fingerprint density at radius 2 is 2.18 bits per heavy atom. The third-order valence-corrected chi connectivity index (χ3v) is 3.19. The van der Waals surface area contributed by atoms with E-state index in [0.717, 1.165) is 18.8 Å². The molecule has 0 aromatic heterocycles. The minimum atomic E-state index is 0.353. The summed E-state index contributed by atoms with van der Waals surface area (Å²) in [7, 11) is 0. The van der Waals surface area contributed by atoms with Gasteiger partial charge in [-0.05, 0) is 29.9 Å². The predicted molar refractivity (Wildman–Crippen MR) is 68.4 cm³/mol. The van der Waals surface area contributed by atoms with Gasteiger partial charge in [0.2, 0.25) is 0 Å². The lowest BCUT2D eigenvalue weighted by Gasteiger charge is -2.25. The molecule has 1 atom stereocenters. The molecule has 0 amide bonds. The Balaban J connectivity index is 2.06. The molecule has 1 aliphatic heterocycles. The second kappa shape index (κ2) is 5.35. The van der Waals surface area contributed by atoms with Crippen molar-refractivity contribution in [3.05, 3.63) is 29.8 Å². The SMILES string of the molecule is CC(C)CC(=O)CC1CCOc2ccccc21. The predicted octanol–water partition coefficient (Wildman–Crippen LogP) is 3.56. The molecule has 2 nitrogen and oxygen atoms in total. The minimum absolute atomic E-state index is 0.353. The van der Waals surface area contributed by atoms with Crippen molar-refractivity contribution in [1.29, 1.82) is 0 Å². The molecule has 0 radical (unpaired) electrons. The molecule has 1 unspecified atom stereocenters. The van der Waals surface area contributed by atoms with Crippen molar-refractivity contribution in [2.45, 2.75) is 39.0 Å². The third kappa shape index (κ3) is 3.09. The Morgan fingerprint density at radius 1 is 1.41 bits per heavy atom. The quantitative estimate of drug-likeness (QED) is 0.793. The summed E-state index contributed by atoms with van der Waals surface area (Å²) in [5.41, 5.74) is 1.20. The van der Waals surface area contributed by atoms with Gasteiger partial charge >= 0.3 is 0 Å². The van der Waals surface area contributed by atoms with Crippen molar-refractivity contribution in [3.8, 4) is 5.75 Å². The first-order chi connectivity index (χ1) is 8.16. The van der Waals surface area contributed by atoms with Gasteiger partial charge in [0.1, 0.15) is 11.5 Å². The number of ether oxygens (including phenoxy) is 1. The Bertz CT molecular complexity index is 396. The highest BCUT2D eigenvalue weighted by Gasteiger charge is 2.23. The average Bonchev–Trinajstić information content (AvgIpc) is 2.28. The van der Waals surface area contributed by atoms with Gasteiger partial charge < -0.3 is 4.74 Å². The standard InChI is InChI=1S/C15H20O2/c1-11(2)9-13(16)10-12-7-8-17-15-6-4-3-5-14(12)15/h3-6,11-12H,7-10H2,1-2H3. The maximum atomic E-state index is 11.9. The molecule has 1 heterocycles. The smallest absolute Gasteiger partial charge is 0.133 e. The van der Waals surface area contributed by atoms with Crippen molar-refractivity contribution in [3.63, 3.8) is 0 Å². The van der Waals surface area contributed by atoms with Crippen LogP contribution >= 0.6 is 0 Å². The molecule has 1 aliphatic rings. The molecule has 0 saturated carbocycles. The number of ketones is 1. The summed E-state index contributed by atoms with van der Waals surface area (Å²) in [4.78, 5) is 11.9. The molecular weight excluding hydrogens is 212 g/mol. The van der Waals surface area contributed by atoms with Crippen LogP contribution in [0.25, 0.3) is 0 Å². The van der Waals surface area contributed by atoms with Gasteiger partial charge in [0.05, 0.1) is 6.61 Å². The molecule has 0 bridgehead atoms. The van der Waals surface area contributed by atoms with E-state index in [1.807, 2.05) is 18.2 Å². The second-order valence-electron chi connectivity index (χ2n) is 5.21. The molecule has 17 heavy (non-hydrogen) atoms. The topological polar surface area (TPSA) is 26.3 Å². The monoisotopic (exact) mass is 232 g/mol. The van der Waals surface area contributed by atoms with E-state index in [-0.39, 0.29) is 0 Å². The van der Waals surface area contributed by atoms with Gasteiger partial charge in [-0.15, -0.1) is 0 Å². The van der Waals surface area contributed by atoms with Gasteiger partial charge in [0, 0.05) is 12.8 Å². The highest BCUT2D eigenvalue weighted by atomic mass is 16.5. The number of rotatable bonds is 4. The van der Waals surface area contributed by atoms with E-state index in [0.29, 0.717) is 30.5 Å². The largest absolute Gasteiger partial charge is 0.493 e. The van der Waals surface area contributed by atoms with Gasteiger partial charge in [0.15, 0.2) is 0 Å². The summed E-state index contributed by atoms with van der Waals surface area (Å²) in [5, 5.41) is 0. The van der Waals surface area contributed by atoms with E-state index in [4.69, 9.17) is 4.74 Å². The summed E-state index contributed by atoms with van der Waals surface area (Å²) >= 11 is 0. The highest BCUT2D eigenvalue weighted by molar-refractivity contribution is 5.79. The number of hydrogen-bond donors (Lipinski definition) is 0. The lowest BCUT2D eigenvalue weighted by Crippen LogP contribution is -2.17. The van der Waals surface area contributed by atoms with Crippen LogP contribution in [0, 0.1) is 5.92 Å². The van der Waals surface area contributed by atoms with Crippen LogP contribution in [0.4, 0.5) is 0 Å². The van der Waals surface area contributed by atoms with Crippen molar-refractivity contribution >= 4 is 5.78 Å². The van der Waals surface area contributed by atoms with Crippen LogP contribution in [0.3, 0.4) is 0 Å². The zero-order valence-electron chi connectivity index (χ0n) is 10.6. The Labute approximate surface area is 103 Å². The van der Waals surface area contributed by atoms with E-state index >= 15 is 0 Å². The second-order valence-corrected chi connectivity index (χ2v) is 5.21. The first-order valence-electron chi connectivity index (χ1n) is 6.40. The zero-order chi connectivity index (χ0) is 12.3. The van der Waals surface area contributed by atoms with Crippen molar-refractivity contribution < 1.29 is 9.53 Å².